The summed E-state index contributed by atoms with van der Waals surface area (Å²) in [6.45, 7) is 5.35. The fourth-order valence-electron chi connectivity index (χ4n) is 3.66. The zero-order chi connectivity index (χ0) is 16.7. The molecule has 0 aliphatic carbocycles. The van der Waals surface area contributed by atoms with Gasteiger partial charge in [0.1, 0.15) is 5.82 Å². The van der Waals surface area contributed by atoms with E-state index in [4.69, 9.17) is 0 Å². The van der Waals surface area contributed by atoms with Crippen molar-refractivity contribution in [1.29, 1.82) is 0 Å². The number of nitrogens with zero attached hydrogens (tertiary/aromatic N) is 4. The molecule has 0 saturated heterocycles. The fraction of sp³-hybridized carbons (Fsp3) is 0.368. The molecule has 0 atom stereocenters. The second-order valence-electron chi connectivity index (χ2n) is 6.50. The second kappa shape index (κ2) is 6.20. The number of benzene rings is 1. The SMILES string of the molecule is Cc1cc(-c2nnc3n2CCCCC3)c(C)n1-c1ccc(Br)cc1. The summed E-state index contributed by atoms with van der Waals surface area (Å²) in [6.07, 6.45) is 4.75. The Morgan fingerprint density at radius 3 is 2.58 bits per heavy atom. The molecule has 0 unspecified atom stereocenters. The molecule has 5 heteroatoms. The summed E-state index contributed by atoms with van der Waals surface area (Å²) in [5.41, 5.74) is 4.80. The molecule has 4 rings (SSSR count). The van der Waals surface area contributed by atoms with Crippen molar-refractivity contribution in [2.45, 2.75) is 46.1 Å². The molecule has 1 aliphatic rings. The first-order chi connectivity index (χ1) is 11.6. The first-order valence-corrected chi connectivity index (χ1v) is 9.32. The highest BCUT2D eigenvalue weighted by Crippen LogP contribution is 2.30. The van der Waals surface area contributed by atoms with Crippen molar-refractivity contribution in [1.82, 2.24) is 19.3 Å². The van der Waals surface area contributed by atoms with Crippen molar-refractivity contribution < 1.29 is 0 Å². The maximum absolute atomic E-state index is 4.52. The van der Waals surface area contributed by atoms with Gasteiger partial charge in [-0.2, -0.15) is 0 Å². The summed E-state index contributed by atoms with van der Waals surface area (Å²) in [6, 6.07) is 10.7. The van der Waals surface area contributed by atoms with E-state index in [0.717, 1.165) is 29.1 Å². The van der Waals surface area contributed by atoms with Gasteiger partial charge in [-0.15, -0.1) is 10.2 Å². The molecule has 0 bridgehead atoms. The standard InChI is InChI=1S/C19H21BrN4/c1-13-12-17(14(2)24(13)16-9-7-15(20)8-10-16)19-22-21-18-6-4-3-5-11-23(18)19/h7-10,12H,3-6,11H2,1-2H3. The predicted octanol–water partition coefficient (Wildman–Crippen LogP) is 4.84. The van der Waals surface area contributed by atoms with E-state index >= 15 is 0 Å². The minimum absolute atomic E-state index is 1.02. The van der Waals surface area contributed by atoms with Crippen LogP contribution in [0.4, 0.5) is 0 Å². The first-order valence-electron chi connectivity index (χ1n) is 8.52. The maximum atomic E-state index is 4.52. The number of hydrogen-bond acceptors (Lipinski definition) is 2. The average Bonchev–Trinajstić information content (AvgIpc) is 2.99. The van der Waals surface area contributed by atoms with Crippen molar-refractivity contribution >= 4 is 15.9 Å². The molecular weight excluding hydrogens is 364 g/mol. The van der Waals surface area contributed by atoms with Crippen LogP contribution in [-0.4, -0.2) is 19.3 Å². The van der Waals surface area contributed by atoms with E-state index in [9.17, 15) is 0 Å². The minimum atomic E-state index is 1.02. The van der Waals surface area contributed by atoms with Crippen LogP contribution in [0.25, 0.3) is 17.1 Å². The third kappa shape index (κ3) is 2.61. The molecular formula is C19H21BrN4. The summed E-state index contributed by atoms with van der Waals surface area (Å²) >= 11 is 3.51. The van der Waals surface area contributed by atoms with Gasteiger partial charge in [-0.1, -0.05) is 22.4 Å². The lowest BCUT2D eigenvalue weighted by atomic mass is 10.2. The molecule has 24 heavy (non-hydrogen) atoms. The lowest BCUT2D eigenvalue weighted by Crippen LogP contribution is -2.04. The number of halogens is 1. The number of rotatable bonds is 2. The van der Waals surface area contributed by atoms with Gasteiger partial charge in [0.25, 0.3) is 0 Å². The van der Waals surface area contributed by atoms with E-state index in [1.165, 1.54) is 41.9 Å². The van der Waals surface area contributed by atoms with E-state index in [-0.39, 0.29) is 0 Å². The molecule has 1 aromatic carbocycles. The van der Waals surface area contributed by atoms with Crippen LogP contribution in [0.1, 0.15) is 36.5 Å². The third-order valence-electron chi connectivity index (χ3n) is 4.87. The van der Waals surface area contributed by atoms with Crippen molar-refractivity contribution in [3.63, 3.8) is 0 Å². The Morgan fingerprint density at radius 2 is 1.79 bits per heavy atom. The second-order valence-corrected chi connectivity index (χ2v) is 7.41. The Kier molecular flexibility index (Phi) is 4.04. The molecule has 0 radical (unpaired) electrons. The molecule has 2 aromatic heterocycles. The Hall–Kier alpha value is -1.88. The van der Waals surface area contributed by atoms with E-state index in [0.29, 0.717) is 0 Å². The van der Waals surface area contributed by atoms with E-state index in [1.807, 2.05) is 0 Å². The summed E-state index contributed by atoms with van der Waals surface area (Å²) in [4.78, 5) is 0. The van der Waals surface area contributed by atoms with Crippen LogP contribution in [-0.2, 0) is 13.0 Å². The summed E-state index contributed by atoms with van der Waals surface area (Å²) in [7, 11) is 0. The van der Waals surface area contributed by atoms with Crippen LogP contribution in [0.2, 0.25) is 0 Å². The number of hydrogen-bond donors (Lipinski definition) is 0. The van der Waals surface area contributed by atoms with Crippen LogP contribution in [0.5, 0.6) is 0 Å². The van der Waals surface area contributed by atoms with Crippen LogP contribution < -0.4 is 0 Å². The molecule has 0 fully saturated rings. The van der Waals surface area contributed by atoms with Crippen molar-refractivity contribution in [3.8, 4) is 17.1 Å². The van der Waals surface area contributed by atoms with Crippen LogP contribution in [0.15, 0.2) is 34.8 Å². The van der Waals surface area contributed by atoms with Crippen molar-refractivity contribution in [2.75, 3.05) is 0 Å². The van der Waals surface area contributed by atoms with Gasteiger partial charge in [0.05, 0.1) is 0 Å². The van der Waals surface area contributed by atoms with Crippen molar-refractivity contribution in [2.24, 2.45) is 0 Å². The largest absolute Gasteiger partial charge is 0.318 e. The van der Waals surface area contributed by atoms with E-state index in [2.05, 4.69) is 79.4 Å². The highest BCUT2D eigenvalue weighted by atomic mass is 79.9. The highest BCUT2D eigenvalue weighted by molar-refractivity contribution is 9.10. The molecule has 3 heterocycles. The lowest BCUT2D eigenvalue weighted by Gasteiger charge is -2.11. The Balaban J connectivity index is 1.82. The van der Waals surface area contributed by atoms with Gasteiger partial charge in [-0.05, 0) is 57.0 Å². The smallest absolute Gasteiger partial charge is 0.165 e. The summed E-state index contributed by atoms with van der Waals surface area (Å²) in [5.74, 6) is 2.15. The zero-order valence-electron chi connectivity index (χ0n) is 14.1. The van der Waals surface area contributed by atoms with E-state index in [1.54, 1.807) is 0 Å². The van der Waals surface area contributed by atoms with Gasteiger partial charge in [-0.25, -0.2) is 0 Å². The molecule has 3 aromatic rings. The first kappa shape index (κ1) is 15.6. The van der Waals surface area contributed by atoms with E-state index < -0.39 is 0 Å². The molecule has 0 saturated carbocycles. The highest BCUT2D eigenvalue weighted by Gasteiger charge is 2.20. The Morgan fingerprint density at radius 1 is 1.00 bits per heavy atom. The Bertz CT molecular complexity index is 874. The predicted molar refractivity (Wildman–Crippen MR) is 99.5 cm³/mol. The number of aromatic nitrogens is 4. The molecule has 0 spiro atoms. The molecule has 0 N–H and O–H groups in total. The summed E-state index contributed by atoms with van der Waals surface area (Å²) in [5, 5.41) is 8.98. The van der Waals surface area contributed by atoms with Gasteiger partial charge >= 0.3 is 0 Å². The van der Waals surface area contributed by atoms with Crippen LogP contribution in [0.3, 0.4) is 0 Å². The van der Waals surface area contributed by atoms with Gasteiger partial charge in [0, 0.05) is 40.1 Å². The van der Waals surface area contributed by atoms with Crippen molar-refractivity contribution in [3.05, 3.63) is 52.0 Å². The molecule has 0 amide bonds. The maximum Gasteiger partial charge on any atom is 0.165 e. The van der Waals surface area contributed by atoms with Gasteiger partial charge in [0.15, 0.2) is 5.82 Å². The zero-order valence-corrected chi connectivity index (χ0v) is 15.7. The lowest BCUT2D eigenvalue weighted by molar-refractivity contribution is 0.636. The molecule has 4 nitrogen and oxygen atoms in total. The number of fused-ring (bicyclic) bond motifs is 1. The van der Waals surface area contributed by atoms with Gasteiger partial charge < -0.3 is 9.13 Å². The van der Waals surface area contributed by atoms with Gasteiger partial charge in [-0.3, -0.25) is 0 Å². The normalized spacial score (nSPS) is 14.5. The summed E-state index contributed by atoms with van der Waals surface area (Å²) < 4.78 is 5.71. The average molecular weight is 385 g/mol. The topological polar surface area (TPSA) is 35.6 Å². The van der Waals surface area contributed by atoms with Gasteiger partial charge in [0.2, 0.25) is 0 Å². The monoisotopic (exact) mass is 384 g/mol. The van der Waals surface area contributed by atoms with Crippen LogP contribution >= 0.6 is 15.9 Å². The van der Waals surface area contributed by atoms with Crippen LogP contribution in [0, 0.1) is 13.8 Å². The fourth-order valence-corrected chi connectivity index (χ4v) is 3.93. The minimum Gasteiger partial charge on any atom is -0.318 e. The third-order valence-corrected chi connectivity index (χ3v) is 5.40. The quantitative estimate of drug-likeness (QED) is 0.633. The molecule has 1 aliphatic heterocycles. The Labute approximate surface area is 150 Å². The number of aryl methyl sites for hydroxylation is 2. The molecule has 124 valence electrons.